The van der Waals surface area contributed by atoms with E-state index in [-0.39, 0.29) is 5.56 Å². The molecule has 2 aromatic heterocycles. The van der Waals surface area contributed by atoms with Gasteiger partial charge in [-0.15, -0.1) is 0 Å². The van der Waals surface area contributed by atoms with E-state index in [2.05, 4.69) is 15.0 Å². The number of methoxy groups -OCH3 is 1. The summed E-state index contributed by atoms with van der Waals surface area (Å²) in [5, 5.41) is 0. The second-order valence-corrected chi connectivity index (χ2v) is 4.94. The molecule has 0 aliphatic heterocycles. The summed E-state index contributed by atoms with van der Waals surface area (Å²) in [5.41, 5.74) is 3.46. The van der Waals surface area contributed by atoms with Crippen molar-refractivity contribution in [1.29, 1.82) is 0 Å². The number of pyridine rings is 1. The van der Waals surface area contributed by atoms with Crippen LogP contribution in [0.4, 0.5) is 0 Å². The summed E-state index contributed by atoms with van der Waals surface area (Å²) in [7, 11) is 1.60. The third-order valence-corrected chi connectivity index (χ3v) is 3.41. The van der Waals surface area contributed by atoms with E-state index in [9.17, 15) is 4.79 Å². The Morgan fingerprint density at radius 1 is 1.14 bits per heavy atom. The van der Waals surface area contributed by atoms with Crippen LogP contribution in [0, 0.1) is 13.8 Å². The van der Waals surface area contributed by atoms with Crippen LogP contribution in [0.3, 0.4) is 0 Å². The lowest BCUT2D eigenvalue weighted by molar-refractivity contribution is 0.416. The Bertz CT molecular complexity index is 884. The van der Waals surface area contributed by atoms with Crippen molar-refractivity contribution >= 4 is 11.0 Å². The van der Waals surface area contributed by atoms with Gasteiger partial charge in [-0.3, -0.25) is 4.79 Å². The van der Waals surface area contributed by atoms with E-state index in [1.807, 2.05) is 38.1 Å². The van der Waals surface area contributed by atoms with Gasteiger partial charge in [0.1, 0.15) is 11.6 Å². The van der Waals surface area contributed by atoms with E-state index in [4.69, 9.17) is 4.74 Å². The fraction of sp³-hybridized carbons (Fsp3) is 0.188. The molecule has 0 amide bonds. The Hall–Kier alpha value is -2.69. The van der Waals surface area contributed by atoms with Crippen molar-refractivity contribution in [2.75, 3.05) is 7.11 Å². The van der Waals surface area contributed by atoms with Gasteiger partial charge in [-0.1, -0.05) is 11.6 Å². The number of aryl methyl sites for hydroxylation is 2. The first-order valence-electron chi connectivity index (χ1n) is 6.61. The normalized spacial score (nSPS) is 10.8. The van der Waals surface area contributed by atoms with Crippen molar-refractivity contribution in [3.05, 3.63) is 51.9 Å². The molecule has 0 saturated heterocycles. The minimum absolute atomic E-state index is 0.248. The number of aromatic amines is 1. The number of benzene rings is 1. The van der Waals surface area contributed by atoms with Gasteiger partial charge in [-0.05, 0) is 37.6 Å². The average Bonchev–Trinajstić information content (AvgIpc) is 2.48. The molecule has 0 aliphatic carbocycles. The first-order chi connectivity index (χ1) is 10.1. The van der Waals surface area contributed by atoms with Gasteiger partial charge in [0.2, 0.25) is 0 Å². The zero-order valence-corrected chi connectivity index (χ0v) is 12.1. The summed E-state index contributed by atoms with van der Waals surface area (Å²) in [6.07, 6.45) is 1.61. The van der Waals surface area contributed by atoms with Crippen molar-refractivity contribution in [1.82, 2.24) is 15.0 Å². The number of nitrogens with one attached hydrogen (secondary N) is 1. The largest absolute Gasteiger partial charge is 0.496 e. The maximum absolute atomic E-state index is 12.2. The lowest BCUT2D eigenvalue weighted by atomic mass is 10.1. The molecule has 0 fully saturated rings. The monoisotopic (exact) mass is 281 g/mol. The van der Waals surface area contributed by atoms with Gasteiger partial charge in [0.05, 0.1) is 18.2 Å². The lowest BCUT2D eigenvalue weighted by Gasteiger charge is -2.10. The molecule has 106 valence electrons. The summed E-state index contributed by atoms with van der Waals surface area (Å²) >= 11 is 0. The van der Waals surface area contributed by atoms with Crippen LogP contribution >= 0.6 is 0 Å². The predicted molar refractivity (Wildman–Crippen MR) is 81.6 cm³/mol. The Morgan fingerprint density at radius 3 is 2.71 bits per heavy atom. The summed E-state index contributed by atoms with van der Waals surface area (Å²) < 4.78 is 5.36. The summed E-state index contributed by atoms with van der Waals surface area (Å²) in [6, 6.07) is 7.60. The molecule has 2 heterocycles. The summed E-state index contributed by atoms with van der Waals surface area (Å²) in [4.78, 5) is 23.7. The number of aromatic nitrogens is 3. The van der Waals surface area contributed by atoms with Crippen LogP contribution < -0.4 is 10.3 Å². The molecule has 3 aromatic rings. The van der Waals surface area contributed by atoms with Crippen LogP contribution in [-0.2, 0) is 0 Å². The highest BCUT2D eigenvalue weighted by molar-refractivity contribution is 5.79. The highest BCUT2D eigenvalue weighted by Crippen LogP contribution is 2.28. The molecule has 21 heavy (non-hydrogen) atoms. The summed E-state index contributed by atoms with van der Waals surface area (Å²) in [6.45, 7) is 3.89. The zero-order valence-electron chi connectivity index (χ0n) is 12.1. The highest BCUT2D eigenvalue weighted by atomic mass is 16.5. The summed E-state index contributed by atoms with van der Waals surface area (Å²) in [5.74, 6) is 1.16. The number of ether oxygens (including phenoxy) is 1. The molecule has 0 spiro atoms. The molecule has 3 rings (SSSR count). The quantitative estimate of drug-likeness (QED) is 0.784. The van der Waals surface area contributed by atoms with E-state index < -0.39 is 0 Å². The lowest BCUT2D eigenvalue weighted by Crippen LogP contribution is -2.12. The molecule has 1 aromatic carbocycles. The van der Waals surface area contributed by atoms with Crippen LogP contribution in [0.25, 0.3) is 22.4 Å². The first-order valence-corrected chi connectivity index (χ1v) is 6.61. The van der Waals surface area contributed by atoms with Gasteiger partial charge < -0.3 is 9.72 Å². The molecule has 0 saturated carbocycles. The van der Waals surface area contributed by atoms with Gasteiger partial charge in [-0.25, -0.2) is 9.97 Å². The maximum Gasteiger partial charge on any atom is 0.277 e. The third-order valence-electron chi connectivity index (χ3n) is 3.41. The number of hydrogen-bond acceptors (Lipinski definition) is 4. The molecule has 0 bridgehead atoms. The number of hydrogen-bond donors (Lipinski definition) is 1. The first kappa shape index (κ1) is 13.3. The van der Waals surface area contributed by atoms with Crippen molar-refractivity contribution in [3.63, 3.8) is 0 Å². The molecule has 0 atom stereocenters. The van der Waals surface area contributed by atoms with Gasteiger partial charge in [0.15, 0.2) is 5.52 Å². The maximum atomic E-state index is 12.2. The fourth-order valence-corrected chi connectivity index (χ4v) is 2.30. The standard InChI is InChI=1S/C16H15N3O2/c1-9-4-5-12(21-3)11(8-9)15-18-13-10(2)6-7-17-14(13)16(20)19-15/h4-8H,1-3H3,(H,18,19,20). The second kappa shape index (κ2) is 5.01. The Morgan fingerprint density at radius 2 is 1.95 bits per heavy atom. The highest BCUT2D eigenvalue weighted by Gasteiger charge is 2.12. The molecule has 5 nitrogen and oxygen atoms in total. The van der Waals surface area contributed by atoms with Crippen LogP contribution in [0.15, 0.2) is 35.3 Å². The van der Waals surface area contributed by atoms with Crippen LogP contribution in [0.5, 0.6) is 5.75 Å². The smallest absolute Gasteiger partial charge is 0.277 e. The van der Waals surface area contributed by atoms with Crippen molar-refractivity contribution in [3.8, 4) is 17.1 Å². The minimum Gasteiger partial charge on any atom is -0.496 e. The van der Waals surface area contributed by atoms with Gasteiger partial charge in [0, 0.05) is 6.20 Å². The third kappa shape index (κ3) is 2.27. The second-order valence-electron chi connectivity index (χ2n) is 4.94. The molecule has 0 radical (unpaired) electrons. The van der Waals surface area contributed by atoms with E-state index in [0.717, 1.165) is 16.7 Å². The van der Waals surface area contributed by atoms with Crippen molar-refractivity contribution in [2.24, 2.45) is 0 Å². The molecule has 1 N–H and O–H groups in total. The number of fused-ring (bicyclic) bond motifs is 1. The minimum atomic E-state index is -0.248. The molecule has 5 heteroatoms. The van der Waals surface area contributed by atoms with E-state index in [1.54, 1.807) is 13.3 Å². The molecule has 0 aliphatic rings. The van der Waals surface area contributed by atoms with Gasteiger partial charge in [0.25, 0.3) is 5.56 Å². The Labute approximate surface area is 121 Å². The Balaban J connectivity index is 2.34. The van der Waals surface area contributed by atoms with Gasteiger partial charge >= 0.3 is 0 Å². The fourth-order valence-electron chi connectivity index (χ4n) is 2.30. The number of rotatable bonds is 2. The molecular weight excluding hydrogens is 266 g/mol. The van der Waals surface area contributed by atoms with Crippen LogP contribution in [0.1, 0.15) is 11.1 Å². The van der Waals surface area contributed by atoms with Gasteiger partial charge in [-0.2, -0.15) is 0 Å². The zero-order chi connectivity index (χ0) is 15.0. The van der Waals surface area contributed by atoms with E-state index in [1.165, 1.54) is 0 Å². The average molecular weight is 281 g/mol. The van der Waals surface area contributed by atoms with E-state index in [0.29, 0.717) is 22.6 Å². The Kier molecular flexibility index (Phi) is 3.17. The van der Waals surface area contributed by atoms with E-state index >= 15 is 0 Å². The number of H-pyrrole nitrogens is 1. The molecular formula is C16H15N3O2. The van der Waals surface area contributed by atoms with Crippen molar-refractivity contribution in [2.45, 2.75) is 13.8 Å². The SMILES string of the molecule is COc1ccc(C)cc1-c1nc2c(C)ccnc2c(=O)[nH]1. The molecule has 0 unspecified atom stereocenters. The predicted octanol–water partition coefficient (Wildman–Crippen LogP) is 2.61. The topological polar surface area (TPSA) is 67.9 Å². The number of nitrogens with zero attached hydrogens (tertiary/aromatic N) is 2. The van der Waals surface area contributed by atoms with Crippen molar-refractivity contribution < 1.29 is 4.74 Å². The van der Waals surface area contributed by atoms with Crippen LogP contribution in [0.2, 0.25) is 0 Å². The van der Waals surface area contributed by atoms with Crippen LogP contribution in [-0.4, -0.2) is 22.1 Å².